The fourth-order valence-electron chi connectivity index (χ4n) is 1.15. The number of hydrogen-bond donors (Lipinski definition) is 0. The van der Waals surface area contributed by atoms with Crippen LogP contribution in [-0.4, -0.2) is 9.30 Å². The van der Waals surface area contributed by atoms with Crippen molar-refractivity contribution >= 4 is 17.2 Å². The minimum Gasteiger partial charge on any atom is -0.258 e. The van der Waals surface area contributed by atoms with Crippen molar-refractivity contribution in [2.75, 3.05) is 0 Å². The summed E-state index contributed by atoms with van der Waals surface area (Å²) in [4.78, 5) is 10.8. The van der Waals surface area contributed by atoms with Crippen LogP contribution < -0.4 is 0 Å². The minimum atomic E-state index is -0.411. The summed E-state index contributed by atoms with van der Waals surface area (Å²) in [5, 5.41) is 10.6. The standard InChI is InChI=1S/C9H6N2O2S/c12-11(13)8-6-10-14-9(8)7-4-2-1-3-5-7/h1-6H. The van der Waals surface area contributed by atoms with E-state index in [9.17, 15) is 10.1 Å². The van der Waals surface area contributed by atoms with Gasteiger partial charge in [-0.15, -0.1) is 0 Å². The molecule has 1 aromatic heterocycles. The van der Waals surface area contributed by atoms with Gasteiger partial charge < -0.3 is 0 Å². The second-order valence-electron chi connectivity index (χ2n) is 2.66. The smallest absolute Gasteiger partial charge is 0.258 e. The third kappa shape index (κ3) is 1.49. The summed E-state index contributed by atoms with van der Waals surface area (Å²) in [6, 6.07) is 9.23. The van der Waals surface area contributed by atoms with Gasteiger partial charge in [0.2, 0.25) is 0 Å². The Morgan fingerprint density at radius 2 is 2.00 bits per heavy atom. The molecular formula is C9H6N2O2S. The van der Waals surface area contributed by atoms with Crippen molar-refractivity contribution < 1.29 is 4.92 Å². The third-order valence-electron chi connectivity index (χ3n) is 1.78. The van der Waals surface area contributed by atoms with E-state index in [2.05, 4.69) is 4.37 Å². The van der Waals surface area contributed by atoms with Crippen molar-refractivity contribution in [2.45, 2.75) is 0 Å². The second kappa shape index (κ2) is 3.55. The predicted octanol–water partition coefficient (Wildman–Crippen LogP) is 2.72. The van der Waals surface area contributed by atoms with Gasteiger partial charge in [-0.05, 0) is 11.5 Å². The maximum atomic E-state index is 10.6. The molecule has 1 heterocycles. The lowest BCUT2D eigenvalue weighted by Crippen LogP contribution is -1.86. The molecule has 0 atom stereocenters. The van der Waals surface area contributed by atoms with Crippen molar-refractivity contribution in [1.29, 1.82) is 0 Å². The highest BCUT2D eigenvalue weighted by Crippen LogP contribution is 2.32. The number of aromatic nitrogens is 1. The lowest BCUT2D eigenvalue weighted by Gasteiger charge is -1.94. The Morgan fingerprint density at radius 3 is 2.64 bits per heavy atom. The van der Waals surface area contributed by atoms with Gasteiger partial charge in [0.1, 0.15) is 11.1 Å². The molecular weight excluding hydrogens is 200 g/mol. The molecule has 70 valence electrons. The zero-order chi connectivity index (χ0) is 9.97. The summed E-state index contributed by atoms with van der Waals surface area (Å²) < 4.78 is 3.82. The quantitative estimate of drug-likeness (QED) is 0.560. The molecule has 2 rings (SSSR count). The first-order valence-corrected chi connectivity index (χ1v) is 4.71. The number of benzene rings is 1. The van der Waals surface area contributed by atoms with Crippen LogP contribution in [0.2, 0.25) is 0 Å². The van der Waals surface area contributed by atoms with Crippen molar-refractivity contribution in [1.82, 2.24) is 4.37 Å². The van der Waals surface area contributed by atoms with Gasteiger partial charge in [0.05, 0.1) is 4.92 Å². The molecule has 0 N–H and O–H groups in total. The van der Waals surface area contributed by atoms with E-state index >= 15 is 0 Å². The summed E-state index contributed by atoms with van der Waals surface area (Å²) in [5.74, 6) is 0. The highest BCUT2D eigenvalue weighted by atomic mass is 32.1. The summed E-state index contributed by atoms with van der Waals surface area (Å²) in [7, 11) is 0. The van der Waals surface area contributed by atoms with Gasteiger partial charge in [-0.3, -0.25) is 10.1 Å². The van der Waals surface area contributed by atoms with Gasteiger partial charge in [-0.2, -0.15) is 4.37 Å². The zero-order valence-electron chi connectivity index (χ0n) is 7.08. The Kier molecular flexibility index (Phi) is 2.24. The number of nitro groups is 1. The van der Waals surface area contributed by atoms with E-state index in [1.807, 2.05) is 30.3 Å². The van der Waals surface area contributed by atoms with Crippen molar-refractivity contribution in [2.24, 2.45) is 0 Å². The molecule has 0 aliphatic carbocycles. The van der Waals surface area contributed by atoms with Crippen molar-refractivity contribution in [3.05, 3.63) is 46.6 Å². The van der Waals surface area contributed by atoms with Crippen molar-refractivity contribution in [3.8, 4) is 10.4 Å². The number of nitrogens with zero attached hydrogens (tertiary/aromatic N) is 2. The molecule has 0 radical (unpaired) electrons. The Labute approximate surface area is 84.1 Å². The normalized spacial score (nSPS) is 10.0. The largest absolute Gasteiger partial charge is 0.307 e. The van der Waals surface area contributed by atoms with Crippen LogP contribution in [0.25, 0.3) is 10.4 Å². The van der Waals surface area contributed by atoms with E-state index in [-0.39, 0.29) is 5.69 Å². The molecule has 2 aromatic rings. The van der Waals surface area contributed by atoms with E-state index in [4.69, 9.17) is 0 Å². The van der Waals surface area contributed by atoms with Gasteiger partial charge in [0.25, 0.3) is 0 Å². The first-order valence-electron chi connectivity index (χ1n) is 3.93. The van der Waals surface area contributed by atoms with Crippen LogP contribution in [0.4, 0.5) is 5.69 Å². The summed E-state index contributed by atoms with van der Waals surface area (Å²) in [6.45, 7) is 0. The third-order valence-corrected chi connectivity index (χ3v) is 2.62. The molecule has 0 bridgehead atoms. The van der Waals surface area contributed by atoms with Gasteiger partial charge in [0, 0.05) is 5.56 Å². The molecule has 0 unspecified atom stereocenters. The van der Waals surface area contributed by atoms with Gasteiger partial charge >= 0.3 is 5.69 Å². The second-order valence-corrected chi connectivity index (χ2v) is 3.46. The maximum Gasteiger partial charge on any atom is 0.307 e. The SMILES string of the molecule is O=[N+]([O-])c1cnsc1-c1ccccc1. The number of rotatable bonds is 2. The van der Waals surface area contributed by atoms with E-state index in [1.165, 1.54) is 6.20 Å². The summed E-state index contributed by atoms with van der Waals surface area (Å²) >= 11 is 1.14. The van der Waals surface area contributed by atoms with Crippen LogP contribution >= 0.6 is 11.5 Å². The van der Waals surface area contributed by atoms with E-state index < -0.39 is 4.92 Å². The molecule has 0 aliphatic heterocycles. The molecule has 5 heteroatoms. The monoisotopic (exact) mass is 206 g/mol. The van der Waals surface area contributed by atoms with Gasteiger partial charge in [-0.25, -0.2) is 0 Å². The molecule has 4 nitrogen and oxygen atoms in total. The average Bonchev–Trinajstić information content (AvgIpc) is 2.67. The van der Waals surface area contributed by atoms with Crippen LogP contribution in [0.5, 0.6) is 0 Å². The molecule has 0 saturated heterocycles. The summed E-state index contributed by atoms with van der Waals surface area (Å²) in [5.41, 5.74) is 0.905. The molecule has 0 fully saturated rings. The van der Waals surface area contributed by atoms with Crippen LogP contribution in [-0.2, 0) is 0 Å². The lowest BCUT2D eigenvalue weighted by molar-refractivity contribution is -0.384. The molecule has 1 aromatic carbocycles. The average molecular weight is 206 g/mol. The molecule has 14 heavy (non-hydrogen) atoms. The highest BCUT2D eigenvalue weighted by Gasteiger charge is 2.17. The van der Waals surface area contributed by atoms with Crippen LogP contribution in [0.3, 0.4) is 0 Å². The van der Waals surface area contributed by atoms with Gasteiger partial charge in [-0.1, -0.05) is 30.3 Å². The van der Waals surface area contributed by atoms with Gasteiger partial charge in [0.15, 0.2) is 0 Å². The fourth-order valence-corrected chi connectivity index (χ4v) is 1.87. The van der Waals surface area contributed by atoms with Crippen LogP contribution in [0, 0.1) is 10.1 Å². The highest BCUT2D eigenvalue weighted by molar-refractivity contribution is 7.10. The first kappa shape index (κ1) is 8.83. The first-order chi connectivity index (χ1) is 6.79. The Hall–Kier alpha value is -1.75. The van der Waals surface area contributed by atoms with Crippen molar-refractivity contribution in [3.63, 3.8) is 0 Å². The molecule has 0 amide bonds. The molecule has 0 saturated carbocycles. The zero-order valence-corrected chi connectivity index (χ0v) is 7.90. The predicted molar refractivity (Wildman–Crippen MR) is 54.2 cm³/mol. The minimum absolute atomic E-state index is 0.0706. The Bertz CT molecular complexity index is 453. The van der Waals surface area contributed by atoms with Crippen LogP contribution in [0.1, 0.15) is 0 Å². The molecule has 0 aliphatic rings. The van der Waals surface area contributed by atoms with E-state index in [0.29, 0.717) is 4.88 Å². The Balaban J connectivity index is 2.52. The topological polar surface area (TPSA) is 56.0 Å². The maximum absolute atomic E-state index is 10.6. The molecule has 0 spiro atoms. The fraction of sp³-hybridized carbons (Fsp3) is 0. The lowest BCUT2D eigenvalue weighted by atomic mass is 10.2. The summed E-state index contributed by atoms with van der Waals surface area (Å²) in [6.07, 6.45) is 1.28. The van der Waals surface area contributed by atoms with E-state index in [1.54, 1.807) is 0 Å². The Morgan fingerprint density at radius 1 is 1.29 bits per heavy atom. The van der Waals surface area contributed by atoms with Crippen LogP contribution in [0.15, 0.2) is 36.5 Å². The number of hydrogen-bond acceptors (Lipinski definition) is 4. The van der Waals surface area contributed by atoms with E-state index in [0.717, 1.165) is 17.1 Å².